The molecular weight excluding hydrogens is 332 g/mol. The summed E-state index contributed by atoms with van der Waals surface area (Å²) in [5.41, 5.74) is 2.87. The molecule has 0 saturated heterocycles. The highest BCUT2D eigenvalue weighted by molar-refractivity contribution is 9.10. The minimum absolute atomic E-state index is 0.208. The summed E-state index contributed by atoms with van der Waals surface area (Å²) < 4.78 is 11.6. The van der Waals surface area contributed by atoms with E-state index < -0.39 is 6.04 Å². The topological polar surface area (TPSA) is 54.3 Å². The van der Waals surface area contributed by atoms with Crippen molar-refractivity contribution in [1.29, 1.82) is 5.26 Å². The minimum Gasteiger partial charge on any atom is -0.454 e. The fourth-order valence-corrected chi connectivity index (χ4v) is 2.81. The van der Waals surface area contributed by atoms with Crippen LogP contribution in [0.1, 0.15) is 17.2 Å². The van der Waals surface area contributed by atoms with Gasteiger partial charge in [0.2, 0.25) is 6.79 Å². The summed E-state index contributed by atoms with van der Waals surface area (Å²) in [6.45, 7) is 2.21. The van der Waals surface area contributed by atoms with Gasteiger partial charge in [0.25, 0.3) is 0 Å². The Morgan fingerprint density at radius 1 is 1.29 bits per heavy atom. The Kier molecular flexibility index (Phi) is 3.72. The van der Waals surface area contributed by atoms with Crippen LogP contribution in [-0.2, 0) is 0 Å². The molecule has 0 bridgehead atoms. The number of halogens is 1. The van der Waals surface area contributed by atoms with Gasteiger partial charge in [0.1, 0.15) is 6.04 Å². The molecule has 1 N–H and O–H groups in total. The maximum Gasteiger partial charge on any atom is 0.231 e. The quantitative estimate of drug-likeness (QED) is 0.907. The molecule has 0 radical (unpaired) electrons. The fourth-order valence-electron chi connectivity index (χ4n) is 2.23. The van der Waals surface area contributed by atoms with E-state index in [1.54, 1.807) is 0 Å². The zero-order valence-electron chi connectivity index (χ0n) is 11.4. The third kappa shape index (κ3) is 2.67. The summed E-state index contributed by atoms with van der Waals surface area (Å²) >= 11 is 3.45. The number of nitrogens with zero attached hydrogens (tertiary/aromatic N) is 1. The van der Waals surface area contributed by atoms with Crippen molar-refractivity contribution < 1.29 is 9.47 Å². The number of hydrogen-bond donors (Lipinski definition) is 1. The second-order valence-corrected chi connectivity index (χ2v) is 5.61. The van der Waals surface area contributed by atoms with E-state index in [-0.39, 0.29) is 6.79 Å². The van der Waals surface area contributed by atoms with E-state index in [9.17, 15) is 5.26 Å². The van der Waals surface area contributed by atoms with E-state index in [4.69, 9.17) is 9.47 Å². The second-order valence-electron chi connectivity index (χ2n) is 4.76. The van der Waals surface area contributed by atoms with E-state index in [0.717, 1.165) is 21.3 Å². The van der Waals surface area contributed by atoms with Gasteiger partial charge in [-0.15, -0.1) is 0 Å². The fraction of sp³-hybridized carbons (Fsp3) is 0.188. The molecule has 1 unspecified atom stereocenters. The zero-order chi connectivity index (χ0) is 14.8. The molecule has 0 spiro atoms. The van der Waals surface area contributed by atoms with Gasteiger partial charge in [0.15, 0.2) is 11.5 Å². The SMILES string of the molecule is Cc1ccccc1NC(C#N)c1cc(Br)c2c(c1)OCO2. The zero-order valence-corrected chi connectivity index (χ0v) is 13.0. The largest absolute Gasteiger partial charge is 0.454 e. The van der Waals surface area contributed by atoms with Gasteiger partial charge in [-0.25, -0.2) is 0 Å². The average molecular weight is 345 g/mol. The smallest absolute Gasteiger partial charge is 0.231 e. The molecule has 4 nitrogen and oxygen atoms in total. The average Bonchev–Trinajstić information content (AvgIpc) is 2.95. The maximum atomic E-state index is 9.47. The predicted molar refractivity (Wildman–Crippen MR) is 83.4 cm³/mol. The summed E-state index contributed by atoms with van der Waals surface area (Å²) in [6, 6.07) is 13.4. The van der Waals surface area contributed by atoms with E-state index in [1.807, 2.05) is 43.3 Å². The van der Waals surface area contributed by atoms with Crippen molar-refractivity contribution in [3.63, 3.8) is 0 Å². The third-order valence-electron chi connectivity index (χ3n) is 3.36. The first kappa shape index (κ1) is 13.8. The Hall–Kier alpha value is -2.19. The van der Waals surface area contributed by atoms with Gasteiger partial charge in [-0.05, 0) is 52.2 Å². The van der Waals surface area contributed by atoms with Crippen molar-refractivity contribution in [3.8, 4) is 17.6 Å². The monoisotopic (exact) mass is 344 g/mol. The van der Waals surface area contributed by atoms with Crippen LogP contribution in [-0.4, -0.2) is 6.79 Å². The number of nitrogens with one attached hydrogen (secondary N) is 1. The number of fused-ring (bicyclic) bond motifs is 1. The van der Waals surface area contributed by atoms with Crippen molar-refractivity contribution in [2.24, 2.45) is 0 Å². The first-order valence-electron chi connectivity index (χ1n) is 6.50. The Bertz CT molecular complexity index is 725. The molecule has 0 aromatic heterocycles. The molecule has 5 heteroatoms. The van der Waals surface area contributed by atoms with Crippen LogP contribution in [0.2, 0.25) is 0 Å². The van der Waals surface area contributed by atoms with Crippen LogP contribution in [0.5, 0.6) is 11.5 Å². The number of benzene rings is 2. The highest BCUT2D eigenvalue weighted by Gasteiger charge is 2.21. The van der Waals surface area contributed by atoms with Crippen molar-refractivity contribution in [2.45, 2.75) is 13.0 Å². The third-order valence-corrected chi connectivity index (χ3v) is 3.95. The minimum atomic E-state index is -0.461. The molecule has 3 rings (SSSR count). The van der Waals surface area contributed by atoms with Gasteiger partial charge in [-0.1, -0.05) is 18.2 Å². The van der Waals surface area contributed by atoms with E-state index in [1.165, 1.54) is 0 Å². The lowest BCUT2D eigenvalue weighted by Crippen LogP contribution is -2.09. The van der Waals surface area contributed by atoms with Crippen LogP contribution in [0.15, 0.2) is 40.9 Å². The van der Waals surface area contributed by atoms with Gasteiger partial charge in [0.05, 0.1) is 10.5 Å². The number of nitriles is 1. The van der Waals surface area contributed by atoms with Gasteiger partial charge in [-0.3, -0.25) is 0 Å². The number of ether oxygens (including phenoxy) is 2. The van der Waals surface area contributed by atoms with E-state index in [0.29, 0.717) is 11.5 Å². The second kappa shape index (κ2) is 5.66. The Morgan fingerprint density at radius 3 is 2.86 bits per heavy atom. The summed E-state index contributed by atoms with van der Waals surface area (Å²) in [4.78, 5) is 0. The molecule has 0 fully saturated rings. The molecule has 2 aromatic carbocycles. The van der Waals surface area contributed by atoms with Crippen LogP contribution in [0.4, 0.5) is 5.69 Å². The normalized spacial score (nSPS) is 13.6. The van der Waals surface area contributed by atoms with Crippen LogP contribution < -0.4 is 14.8 Å². The summed E-state index contributed by atoms with van der Waals surface area (Å²) in [6.07, 6.45) is 0. The summed E-state index contributed by atoms with van der Waals surface area (Å²) in [5.74, 6) is 1.34. The van der Waals surface area contributed by atoms with Crippen molar-refractivity contribution >= 4 is 21.6 Å². The van der Waals surface area contributed by atoms with Gasteiger partial charge in [0, 0.05) is 5.69 Å². The highest BCUT2D eigenvalue weighted by Crippen LogP contribution is 2.41. The lowest BCUT2D eigenvalue weighted by atomic mass is 10.1. The van der Waals surface area contributed by atoms with Crippen LogP contribution in [0.25, 0.3) is 0 Å². The molecule has 21 heavy (non-hydrogen) atoms. The summed E-state index contributed by atoms with van der Waals surface area (Å²) in [7, 11) is 0. The van der Waals surface area contributed by atoms with Crippen molar-refractivity contribution in [1.82, 2.24) is 0 Å². The molecule has 1 heterocycles. The molecule has 1 atom stereocenters. The maximum absolute atomic E-state index is 9.47. The number of rotatable bonds is 3. The lowest BCUT2D eigenvalue weighted by molar-refractivity contribution is 0.173. The molecule has 1 aliphatic heterocycles. The number of para-hydroxylation sites is 1. The predicted octanol–water partition coefficient (Wildman–Crippen LogP) is 4.16. The van der Waals surface area contributed by atoms with Crippen LogP contribution in [0.3, 0.4) is 0 Å². The van der Waals surface area contributed by atoms with Gasteiger partial charge >= 0.3 is 0 Å². The first-order chi connectivity index (χ1) is 10.2. The molecule has 0 aliphatic carbocycles. The number of aryl methyl sites for hydroxylation is 1. The first-order valence-corrected chi connectivity index (χ1v) is 7.29. The Labute approximate surface area is 131 Å². The molecule has 0 amide bonds. The Morgan fingerprint density at radius 2 is 2.10 bits per heavy atom. The molecular formula is C16H13BrN2O2. The highest BCUT2D eigenvalue weighted by atomic mass is 79.9. The van der Waals surface area contributed by atoms with Crippen molar-refractivity contribution in [2.75, 3.05) is 12.1 Å². The van der Waals surface area contributed by atoms with E-state index in [2.05, 4.69) is 27.3 Å². The molecule has 1 aliphatic rings. The Balaban J connectivity index is 1.93. The summed E-state index contributed by atoms with van der Waals surface area (Å²) in [5, 5.41) is 12.7. The number of anilines is 1. The van der Waals surface area contributed by atoms with Gasteiger partial charge < -0.3 is 14.8 Å². The lowest BCUT2D eigenvalue weighted by Gasteiger charge is -2.16. The molecule has 106 valence electrons. The molecule has 2 aromatic rings. The standard InChI is InChI=1S/C16H13BrN2O2/c1-10-4-2-3-5-13(10)19-14(8-18)11-6-12(17)16-15(7-11)20-9-21-16/h2-7,14,19H,9H2,1H3. The van der Waals surface area contributed by atoms with E-state index >= 15 is 0 Å². The van der Waals surface area contributed by atoms with Gasteiger partial charge in [-0.2, -0.15) is 5.26 Å². The van der Waals surface area contributed by atoms with Crippen molar-refractivity contribution in [3.05, 3.63) is 52.0 Å². The number of hydrogen-bond acceptors (Lipinski definition) is 4. The molecule has 0 saturated carbocycles. The van der Waals surface area contributed by atoms with Crippen LogP contribution >= 0.6 is 15.9 Å². The van der Waals surface area contributed by atoms with Crippen LogP contribution in [0, 0.1) is 18.3 Å².